The summed E-state index contributed by atoms with van der Waals surface area (Å²) in [4.78, 5) is 35.4. The SMILES string of the molecule is Cc1cccc(NC(=O)COC(=O)CCC(=O)Nc2ccc(Cl)cc2Cl)c1. The molecule has 27 heavy (non-hydrogen) atoms. The lowest BCUT2D eigenvalue weighted by Crippen LogP contribution is -2.21. The van der Waals surface area contributed by atoms with Crippen LogP contribution in [-0.4, -0.2) is 24.4 Å². The molecule has 0 aromatic heterocycles. The second-order valence-electron chi connectivity index (χ2n) is 5.75. The van der Waals surface area contributed by atoms with Gasteiger partial charge >= 0.3 is 5.97 Å². The van der Waals surface area contributed by atoms with Gasteiger partial charge in [0.2, 0.25) is 5.91 Å². The Bertz CT molecular complexity index is 855. The summed E-state index contributed by atoms with van der Waals surface area (Å²) in [5.41, 5.74) is 2.02. The fourth-order valence-electron chi connectivity index (χ4n) is 2.16. The molecule has 2 amide bonds. The molecular weight excluding hydrogens is 391 g/mol. The zero-order chi connectivity index (χ0) is 19.8. The minimum absolute atomic E-state index is 0.0999. The van der Waals surface area contributed by atoms with E-state index in [9.17, 15) is 14.4 Å². The lowest BCUT2D eigenvalue weighted by Gasteiger charge is -2.08. The lowest BCUT2D eigenvalue weighted by atomic mass is 10.2. The van der Waals surface area contributed by atoms with Crippen molar-refractivity contribution in [2.45, 2.75) is 19.8 Å². The summed E-state index contributed by atoms with van der Waals surface area (Å²) in [5.74, 6) is -1.50. The second kappa shape index (κ2) is 9.94. The zero-order valence-corrected chi connectivity index (χ0v) is 16.1. The van der Waals surface area contributed by atoms with Crippen molar-refractivity contribution in [1.82, 2.24) is 0 Å². The van der Waals surface area contributed by atoms with Crippen LogP contribution >= 0.6 is 23.2 Å². The van der Waals surface area contributed by atoms with E-state index in [0.29, 0.717) is 21.4 Å². The minimum atomic E-state index is -0.647. The third-order valence-corrected chi connectivity index (χ3v) is 3.98. The fourth-order valence-corrected chi connectivity index (χ4v) is 2.61. The first kappa shape index (κ1) is 20.7. The topological polar surface area (TPSA) is 84.5 Å². The quantitative estimate of drug-likeness (QED) is 0.672. The Balaban J connectivity index is 1.70. The predicted octanol–water partition coefficient (Wildman–Crippen LogP) is 4.20. The molecule has 0 aliphatic carbocycles. The van der Waals surface area contributed by atoms with Crippen molar-refractivity contribution in [1.29, 1.82) is 0 Å². The van der Waals surface area contributed by atoms with Crippen molar-refractivity contribution in [3.8, 4) is 0 Å². The van der Waals surface area contributed by atoms with Crippen LogP contribution in [0.3, 0.4) is 0 Å². The number of esters is 1. The number of hydrogen-bond acceptors (Lipinski definition) is 4. The molecule has 0 fully saturated rings. The Morgan fingerprint density at radius 1 is 0.963 bits per heavy atom. The van der Waals surface area contributed by atoms with E-state index < -0.39 is 24.4 Å². The molecule has 0 atom stereocenters. The average Bonchev–Trinajstić information content (AvgIpc) is 2.60. The Morgan fingerprint density at radius 3 is 2.44 bits per heavy atom. The number of nitrogens with one attached hydrogen (secondary N) is 2. The van der Waals surface area contributed by atoms with E-state index in [2.05, 4.69) is 10.6 Å². The van der Waals surface area contributed by atoms with Crippen LogP contribution in [0.1, 0.15) is 18.4 Å². The van der Waals surface area contributed by atoms with Crippen LogP contribution in [0.25, 0.3) is 0 Å². The number of rotatable bonds is 7. The first-order valence-corrected chi connectivity index (χ1v) is 8.86. The van der Waals surface area contributed by atoms with Crippen LogP contribution < -0.4 is 10.6 Å². The van der Waals surface area contributed by atoms with Gasteiger partial charge in [0.1, 0.15) is 0 Å². The largest absolute Gasteiger partial charge is 0.456 e. The Kier molecular flexibility index (Phi) is 7.64. The number of amides is 2. The maximum atomic E-state index is 11.9. The third kappa shape index (κ3) is 7.29. The van der Waals surface area contributed by atoms with Gasteiger partial charge in [0.15, 0.2) is 6.61 Å². The van der Waals surface area contributed by atoms with Crippen LogP contribution in [0.5, 0.6) is 0 Å². The molecule has 6 nitrogen and oxygen atoms in total. The number of carbonyl (C=O) groups is 3. The second-order valence-corrected chi connectivity index (χ2v) is 6.59. The van der Waals surface area contributed by atoms with Gasteiger partial charge in [-0.05, 0) is 42.8 Å². The van der Waals surface area contributed by atoms with E-state index in [1.54, 1.807) is 24.3 Å². The smallest absolute Gasteiger partial charge is 0.306 e. The number of anilines is 2. The van der Waals surface area contributed by atoms with Crippen molar-refractivity contribution in [3.05, 3.63) is 58.1 Å². The van der Waals surface area contributed by atoms with Gasteiger partial charge in [0, 0.05) is 17.1 Å². The molecule has 8 heteroatoms. The van der Waals surface area contributed by atoms with Gasteiger partial charge in [-0.25, -0.2) is 0 Å². The number of ether oxygens (including phenoxy) is 1. The van der Waals surface area contributed by atoms with Crippen molar-refractivity contribution in [2.24, 2.45) is 0 Å². The Hall–Kier alpha value is -2.57. The van der Waals surface area contributed by atoms with Crippen LogP contribution in [0.2, 0.25) is 10.0 Å². The van der Waals surface area contributed by atoms with Gasteiger partial charge < -0.3 is 15.4 Å². The highest BCUT2D eigenvalue weighted by atomic mass is 35.5. The molecule has 0 unspecified atom stereocenters. The molecule has 0 heterocycles. The van der Waals surface area contributed by atoms with Crippen molar-refractivity contribution in [2.75, 3.05) is 17.2 Å². The van der Waals surface area contributed by atoms with Crippen LogP contribution in [-0.2, 0) is 19.1 Å². The van der Waals surface area contributed by atoms with Gasteiger partial charge in [-0.1, -0.05) is 35.3 Å². The van der Waals surface area contributed by atoms with Gasteiger partial charge in [0.25, 0.3) is 5.91 Å². The minimum Gasteiger partial charge on any atom is -0.456 e. The van der Waals surface area contributed by atoms with Crippen molar-refractivity contribution < 1.29 is 19.1 Å². The molecule has 2 aromatic rings. The number of carbonyl (C=O) groups excluding carboxylic acids is 3. The summed E-state index contributed by atoms with van der Waals surface area (Å²) < 4.78 is 4.87. The van der Waals surface area contributed by atoms with E-state index in [-0.39, 0.29) is 12.8 Å². The highest BCUT2D eigenvalue weighted by Crippen LogP contribution is 2.25. The summed E-state index contributed by atoms with van der Waals surface area (Å²) in [6.45, 7) is 1.48. The first-order chi connectivity index (χ1) is 12.8. The predicted molar refractivity (Wildman–Crippen MR) is 105 cm³/mol. The zero-order valence-electron chi connectivity index (χ0n) is 14.6. The van der Waals surface area contributed by atoms with E-state index in [1.165, 1.54) is 6.07 Å². The summed E-state index contributed by atoms with van der Waals surface area (Å²) in [6, 6.07) is 11.9. The van der Waals surface area contributed by atoms with Crippen molar-refractivity contribution in [3.63, 3.8) is 0 Å². The highest BCUT2D eigenvalue weighted by Gasteiger charge is 2.12. The van der Waals surface area contributed by atoms with Gasteiger partial charge in [-0.15, -0.1) is 0 Å². The van der Waals surface area contributed by atoms with Crippen LogP contribution in [0.4, 0.5) is 11.4 Å². The molecule has 2 N–H and O–H groups in total. The molecule has 0 radical (unpaired) electrons. The average molecular weight is 409 g/mol. The molecule has 2 aromatic carbocycles. The fraction of sp³-hybridized carbons (Fsp3) is 0.211. The molecular formula is C19H18Cl2N2O4. The van der Waals surface area contributed by atoms with Gasteiger partial charge in [-0.2, -0.15) is 0 Å². The Labute approximate surface area is 166 Å². The molecule has 0 spiro atoms. The third-order valence-electron chi connectivity index (χ3n) is 3.43. The molecule has 0 aliphatic heterocycles. The van der Waals surface area contributed by atoms with Gasteiger partial charge in [0.05, 0.1) is 17.1 Å². The number of halogens is 2. The molecule has 0 saturated heterocycles. The standard InChI is InChI=1S/C19H18Cl2N2O4/c1-12-3-2-4-14(9-12)22-18(25)11-27-19(26)8-7-17(24)23-16-6-5-13(20)10-15(16)21/h2-6,9-10H,7-8,11H2,1H3,(H,22,25)(H,23,24). The van der Waals surface area contributed by atoms with E-state index in [0.717, 1.165) is 5.56 Å². The summed E-state index contributed by atoms with van der Waals surface area (Å²) in [6.07, 6.45) is -0.258. The Morgan fingerprint density at radius 2 is 1.74 bits per heavy atom. The molecule has 142 valence electrons. The molecule has 2 rings (SSSR count). The van der Waals surface area contributed by atoms with E-state index in [4.69, 9.17) is 27.9 Å². The number of aryl methyl sites for hydroxylation is 1. The van der Waals surface area contributed by atoms with Crippen LogP contribution in [0, 0.1) is 6.92 Å². The molecule has 0 saturated carbocycles. The summed E-state index contributed by atoms with van der Waals surface area (Å²) in [5, 5.41) is 5.95. The maximum Gasteiger partial charge on any atom is 0.306 e. The first-order valence-electron chi connectivity index (χ1n) is 8.10. The molecule has 0 aliphatic rings. The normalized spacial score (nSPS) is 10.2. The van der Waals surface area contributed by atoms with Crippen LogP contribution in [0.15, 0.2) is 42.5 Å². The number of benzene rings is 2. The van der Waals surface area contributed by atoms with Crippen molar-refractivity contribution >= 4 is 52.4 Å². The monoisotopic (exact) mass is 408 g/mol. The van der Waals surface area contributed by atoms with E-state index in [1.807, 2.05) is 19.1 Å². The number of hydrogen-bond donors (Lipinski definition) is 2. The lowest BCUT2D eigenvalue weighted by molar-refractivity contribution is -0.147. The van der Waals surface area contributed by atoms with Gasteiger partial charge in [-0.3, -0.25) is 14.4 Å². The summed E-state index contributed by atoms with van der Waals surface area (Å²) >= 11 is 11.7. The maximum absolute atomic E-state index is 11.9. The van der Waals surface area contributed by atoms with E-state index >= 15 is 0 Å². The molecule has 0 bridgehead atoms. The highest BCUT2D eigenvalue weighted by molar-refractivity contribution is 6.36. The summed E-state index contributed by atoms with van der Waals surface area (Å²) in [7, 11) is 0.